The number of likely N-dealkylation sites (N-methyl/N-ethyl adjacent to an activating group) is 1. The van der Waals surface area contributed by atoms with E-state index in [0.29, 0.717) is 18.8 Å². The monoisotopic (exact) mass is 373 g/mol. The average molecular weight is 373 g/mol. The fraction of sp³-hybridized carbons (Fsp3) is 0.444. The number of nitrogens with zero attached hydrogens (tertiary/aromatic N) is 3. The summed E-state index contributed by atoms with van der Waals surface area (Å²) in [6.07, 6.45) is -0.408. The maximum atomic E-state index is 12.8. The summed E-state index contributed by atoms with van der Waals surface area (Å²) in [7, 11) is 3.30. The summed E-state index contributed by atoms with van der Waals surface area (Å²) in [6, 6.07) is 7.13. The zero-order valence-corrected chi connectivity index (χ0v) is 15.6. The smallest absolute Gasteiger partial charge is 0.343 e. The van der Waals surface area contributed by atoms with Gasteiger partial charge in [-0.2, -0.15) is 5.10 Å². The van der Waals surface area contributed by atoms with Crippen LogP contribution in [-0.2, 0) is 27.8 Å². The first kappa shape index (κ1) is 18.8. The fourth-order valence-electron chi connectivity index (χ4n) is 3.22. The zero-order chi connectivity index (χ0) is 19.6. The number of morpholine rings is 1. The highest BCUT2D eigenvalue weighted by molar-refractivity contribution is 5.86. The summed E-state index contributed by atoms with van der Waals surface area (Å²) < 4.78 is 6.99. The van der Waals surface area contributed by atoms with Crippen molar-refractivity contribution in [3.05, 3.63) is 51.7 Å². The van der Waals surface area contributed by atoms with Crippen LogP contribution in [0.3, 0.4) is 0 Å². The molecule has 1 aromatic heterocycles. The van der Waals surface area contributed by atoms with Crippen molar-refractivity contribution in [3.63, 3.8) is 0 Å². The minimum absolute atomic E-state index is 0.134. The molecule has 0 spiro atoms. The maximum Gasteiger partial charge on any atom is 0.343 e. The van der Waals surface area contributed by atoms with Crippen LogP contribution in [0.5, 0.6) is 0 Å². The third-order valence-corrected chi connectivity index (χ3v) is 4.87. The molecule has 2 aromatic rings. The molecular formula is C18H23N5O4. The van der Waals surface area contributed by atoms with Crippen molar-refractivity contribution in [2.75, 3.05) is 20.2 Å². The van der Waals surface area contributed by atoms with E-state index in [1.165, 1.54) is 4.57 Å². The summed E-state index contributed by atoms with van der Waals surface area (Å²) >= 11 is 0. The van der Waals surface area contributed by atoms with Crippen LogP contribution in [0.1, 0.15) is 23.0 Å². The largest absolute Gasteiger partial charge is 0.356 e. The second-order valence-corrected chi connectivity index (χ2v) is 6.58. The second-order valence-electron chi connectivity index (χ2n) is 6.58. The Hall–Kier alpha value is -2.94. The minimum atomic E-state index is -0.809. The van der Waals surface area contributed by atoms with Crippen molar-refractivity contribution in [1.29, 1.82) is 0 Å². The number of ether oxygens (including phenoxy) is 1. The highest BCUT2D eigenvalue weighted by Gasteiger charge is 2.40. The van der Waals surface area contributed by atoms with Crippen LogP contribution in [0.15, 0.2) is 29.1 Å². The van der Waals surface area contributed by atoms with E-state index in [1.54, 1.807) is 19.0 Å². The number of hydrogen-bond donors (Lipinski definition) is 2. The molecule has 0 saturated carbocycles. The summed E-state index contributed by atoms with van der Waals surface area (Å²) in [5.41, 5.74) is 1.56. The molecular weight excluding hydrogens is 350 g/mol. The number of aromatic nitrogens is 3. The van der Waals surface area contributed by atoms with Crippen molar-refractivity contribution < 1.29 is 14.3 Å². The van der Waals surface area contributed by atoms with Crippen molar-refractivity contribution in [2.45, 2.75) is 25.5 Å². The molecule has 3 rings (SSSR count). The number of benzene rings is 1. The molecule has 1 aromatic carbocycles. The highest BCUT2D eigenvalue weighted by atomic mass is 16.5. The van der Waals surface area contributed by atoms with Crippen LogP contribution in [0.25, 0.3) is 0 Å². The Balaban J connectivity index is 1.73. The summed E-state index contributed by atoms with van der Waals surface area (Å²) in [4.78, 5) is 37.8. The number of amides is 2. The number of aryl methyl sites for hydroxylation is 1. The third-order valence-electron chi connectivity index (χ3n) is 4.87. The van der Waals surface area contributed by atoms with Gasteiger partial charge in [-0.15, -0.1) is 0 Å². The van der Waals surface area contributed by atoms with E-state index in [0.717, 1.165) is 11.1 Å². The molecule has 0 aliphatic carbocycles. The van der Waals surface area contributed by atoms with Crippen molar-refractivity contribution in [3.8, 4) is 0 Å². The Labute approximate surface area is 156 Å². The summed E-state index contributed by atoms with van der Waals surface area (Å²) in [5, 5.41) is 9.09. The number of aromatic amines is 1. The van der Waals surface area contributed by atoms with Crippen LogP contribution >= 0.6 is 0 Å². The van der Waals surface area contributed by atoms with Crippen molar-refractivity contribution in [2.24, 2.45) is 7.05 Å². The third kappa shape index (κ3) is 3.77. The molecule has 9 heteroatoms. The predicted octanol–water partition coefficient (Wildman–Crippen LogP) is -0.326. The van der Waals surface area contributed by atoms with E-state index >= 15 is 0 Å². The first-order valence-corrected chi connectivity index (χ1v) is 8.71. The Kier molecular flexibility index (Phi) is 5.41. The number of nitrogens with one attached hydrogen (secondary N) is 2. The van der Waals surface area contributed by atoms with E-state index in [2.05, 4.69) is 15.5 Å². The molecule has 9 nitrogen and oxygen atoms in total. The van der Waals surface area contributed by atoms with Gasteiger partial charge in [0.05, 0.1) is 6.04 Å². The highest BCUT2D eigenvalue weighted by Crippen LogP contribution is 2.31. The molecule has 1 fully saturated rings. The van der Waals surface area contributed by atoms with Crippen molar-refractivity contribution in [1.82, 2.24) is 25.0 Å². The first-order valence-electron chi connectivity index (χ1n) is 8.71. The SMILES string of the molecule is Cc1ccccc1[C@@H]1[C@@H](C(=O)NCCc2n[nH]c(=O)n2C)OCC(=O)N1C. The maximum absolute atomic E-state index is 12.8. The summed E-state index contributed by atoms with van der Waals surface area (Å²) in [5.74, 6) is 0.0783. The van der Waals surface area contributed by atoms with Crippen LogP contribution < -0.4 is 11.0 Å². The van der Waals surface area contributed by atoms with E-state index in [4.69, 9.17) is 4.74 Å². The van der Waals surface area contributed by atoms with E-state index in [-0.39, 0.29) is 24.1 Å². The fourth-order valence-corrected chi connectivity index (χ4v) is 3.22. The second kappa shape index (κ2) is 7.75. The molecule has 0 unspecified atom stereocenters. The lowest BCUT2D eigenvalue weighted by molar-refractivity contribution is -0.162. The minimum Gasteiger partial charge on any atom is -0.356 e. The standard InChI is InChI=1S/C18H23N5O4/c1-11-6-4-5-7-12(11)15-16(27-10-14(24)23(15)3)17(25)19-9-8-13-20-21-18(26)22(13)2/h4-7,15-16H,8-10H2,1-3H3,(H,19,25)(H,21,26)/t15-,16+/m1/s1. The van der Waals surface area contributed by atoms with E-state index in [1.807, 2.05) is 31.2 Å². The summed E-state index contributed by atoms with van der Waals surface area (Å²) in [6.45, 7) is 2.11. The molecule has 0 bridgehead atoms. The van der Waals surface area contributed by atoms with Gasteiger partial charge in [-0.25, -0.2) is 9.89 Å². The van der Waals surface area contributed by atoms with Gasteiger partial charge in [0.25, 0.3) is 5.91 Å². The Morgan fingerprint density at radius 1 is 1.33 bits per heavy atom. The number of carbonyl (C=O) groups is 2. The topological polar surface area (TPSA) is 109 Å². The predicted molar refractivity (Wildman–Crippen MR) is 97.0 cm³/mol. The van der Waals surface area contributed by atoms with Gasteiger partial charge in [0.2, 0.25) is 5.91 Å². The van der Waals surface area contributed by atoms with Gasteiger partial charge in [-0.05, 0) is 18.1 Å². The molecule has 2 atom stereocenters. The van der Waals surface area contributed by atoms with Crippen LogP contribution in [0, 0.1) is 6.92 Å². The van der Waals surface area contributed by atoms with Crippen molar-refractivity contribution >= 4 is 11.8 Å². The lowest BCUT2D eigenvalue weighted by Crippen LogP contribution is -2.53. The van der Waals surface area contributed by atoms with Gasteiger partial charge in [0, 0.05) is 27.1 Å². The molecule has 27 heavy (non-hydrogen) atoms. The van der Waals surface area contributed by atoms with Gasteiger partial charge < -0.3 is 15.0 Å². The zero-order valence-electron chi connectivity index (χ0n) is 15.6. The number of hydrogen-bond acceptors (Lipinski definition) is 5. The molecule has 2 amide bonds. The number of H-pyrrole nitrogens is 1. The molecule has 2 heterocycles. The van der Waals surface area contributed by atoms with Gasteiger partial charge >= 0.3 is 5.69 Å². The van der Waals surface area contributed by atoms with E-state index in [9.17, 15) is 14.4 Å². The van der Waals surface area contributed by atoms with Crippen LogP contribution in [-0.4, -0.2) is 57.8 Å². The Bertz CT molecular complexity index is 903. The van der Waals surface area contributed by atoms with Crippen LogP contribution in [0.4, 0.5) is 0 Å². The molecule has 1 saturated heterocycles. The van der Waals surface area contributed by atoms with Crippen LogP contribution in [0.2, 0.25) is 0 Å². The normalized spacial score (nSPS) is 20.0. The van der Waals surface area contributed by atoms with Gasteiger partial charge in [-0.1, -0.05) is 24.3 Å². The van der Waals surface area contributed by atoms with E-state index < -0.39 is 12.1 Å². The molecule has 2 N–H and O–H groups in total. The lowest BCUT2D eigenvalue weighted by atomic mass is 9.94. The molecule has 1 aliphatic rings. The number of rotatable bonds is 5. The lowest BCUT2D eigenvalue weighted by Gasteiger charge is -2.38. The first-order chi connectivity index (χ1) is 12.9. The molecule has 0 radical (unpaired) electrons. The van der Waals surface area contributed by atoms with Gasteiger partial charge in [0.1, 0.15) is 12.4 Å². The number of carbonyl (C=O) groups excluding carboxylic acids is 2. The Morgan fingerprint density at radius 3 is 2.74 bits per heavy atom. The molecule has 1 aliphatic heterocycles. The Morgan fingerprint density at radius 2 is 2.07 bits per heavy atom. The quantitative estimate of drug-likeness (QED) is 0.746. The van der Waals surface area contributed by atoms with Gasteiger partial charge in [0.15, 0.2) is 6.10 Å². The van der Waals surface area contributed by atoms with Gasteiger partial charge in [-0.3, -0.25) is 14.2 Å². The average Bonchev–Trinajstić information content (AvgIpc) is 2.96. The molecule has 144 valence electrons.